The highest BCUT2D eigenvalue weighted by molar-refractivity contribution is 6.13. The van der Waals surface area contributed by atoms with Gasteiger partial charge < -0.3 is 0 Å². The Morgan fingerprint density at radius 1 is 0.667 bits per heavy atom. The van der Waals surface area contributed by atoms with Crippen molar-refractivity contribution in [2.24, 2.45) is 0 Å². The monoisotopic (exact) mass is 422 g/mol. The van der Waals surface area contributed by atoms with Crippen LogP contribution in [0.5, 0.6) is 0 Å². The summed E-state index contributed by atoms with van der Waals surface area (Å²) in [6.45, 7) is 4.31. The summed E-state index contributed by atoms with van der Waals surface area (Å²) in [5, 5.41) is 3.85. The third-order valence-corrected chi connectivity index (χ3v) is 7.99. The van der Waals surface area contributed by atoms with Crippen LogP contribution >= 0.6 is 0 Å². The lowest BCUT2D eigenvalue weighted by Crippen LogP contribution is -1.95. The maximum Gasteiger partial charge on any atom is 0.145 e. The summed E-state index contributed by atoms with van der Waals surface area (Å²) in [6, 6.07) is 27.2. The van der Waals surface area contributed by atoms with Crippen molar-refractivity contribution in [1.82, 2.24) is 9.38 Å². The van der Waals surface area contributed by atoms with Crippen molar-refractivity contribution in [3.8, 4) is 22.3 Å². The van der Waals surface area contributed by atoms with Gasteiger partial charge in [-0.15, -0.1) is 0 Å². The minimum atomic E-state index is 1.01. The van der Waals surface area contributed by atoms with Gasteiger partial charge in [0.25, 0.3) is 0 Å². The summed E-state index contributed by atoms with van der Waals surface area (Å²) in [6.07, 6.45) is 2.04. The second-order valence-corrected chi connectivity index (χ2v) is 9.65. The molecule has 2 nitrogen and oxygen atoms in total. The van der Waals surface area contributed by atoms with Crippen LogP contribution in [0.1, 0.15) is 33.6 Å². The SMILES string of the molecule is Cc1nc2c3ccccc3c3cc4c(cc3n2c1C)-c1c(ccc2c1Cc1ccccc1-2)C4. The van der Waals surface area contributed by atoms with Crippen LogP contribution in [0.4, 0.5) is 0 Å². The Bertz CT molecular complexity index is 1830. The molecule has 2 aromatic heterocycles. The molecule has 0 amide bonds. The molecule has 0 saturated heterocycles. The number of fused-ring (bicyclic) bond motifs is 13. The zero-order valence-corrected chi connectivity index (χ0v) is 18.7. The van der Waals surface area contributed by atoms with Crippen molar-refractivity contribution in [1.29, 1.82) is 0 Å². The molecule has 2 heterocycles. The van der Waals surface area contributed by atoms with Crippen LogP contribution in [0.15, 0.2) is 72.8 Å². The summed E-state index contributed by atoms with van der Waals surface area (Å²) in [7, 11) is 0. The van der Waals surface area contributed by atoms with Gasteiger partial charge >= 0.3 is 0 Å². The van der Waals surface area contributed by atoms with Crippen molar-refractivity contribution in [3.63, 3.8) is 0 Å². The van der Waals surface area contributed by atoms with Crippen molar-refractivity contribution in [3.05, 3.63) is 106 Å². The lowest BCUT2D eigenvalue weighted by Gasteiger charge is -2.13. The average molecular weight is 423 g/mol. The molecule has 8 rings (SSSR count). The first-order valence-corrected chi connectivity index (χ1v) is 11.8. The van der Waals surface area contributed by atoms with E-state index in [-0.39, 0.29) is 0 Å². The fourth-order valence-corrected chi connectivity index (χ4v) is 6.36. The van der Waals surface area contributed by atoms with Gasteiger partial charge in [-0.1, -0.05) is 60.7 Å². The quantitative estimate of drug-likeness (QED) is 0.233. The minimum absolute atomic E-state index is 1.01. The molecule has 2 heteroatoms. The molecule has 33 heavy (non-hydrogen) atoms. The molecule has 0 saturated carbocycles. The zero-order valence-electron chi connectivity index (χ0n) is 18.7. The van der Waals surface area contributed by atoms with E-state index in [0.717, 1.165) is 24.2 Å². The maximum atomic E-state index is 4.98. The van der Waals surface area contributed by atoms with E-state index < -0.39 is 0 Å². The molecule has 0 N–H and O–H groups in total. The van der Waals surface area contributed by atoms with E-state index >= 15 is 0 Å². The number of imidazole rings is 1. The number of nitrogens with zero attached hydrogens (tertiary/aromatic N) is 2. The Kier molecular flexibility index (Phi) is 3.15. The fourth-order valence-electron chi connectivity index (χ4n) is 6.36. The highest BCUT2D eigenvalue weighted by atomic mass is 15.0. The van der Waals surface area contributed by atoms with Crippen LogP contribution in [0.3, 0.4) is 0 Å². The molecular formula is C31H22N2. The number of hydrogen-bond donors (Lipinski definition) is 0. The second kappa shape index (κ2) is 5.90. The molecule has 0 spiro atoms. The normalized spacial score (nSPS) is 13.5. The number of hydrogen-bond acceptors (Lipinski definition) is 1. The highest BCUT2D eigenvalue weighted by Crippen LogP contribution is 2.49. The molecule has 0 fully saturated rings. The Balaban J connectivity index is 1.50. The largest absolute Gasteiger partial charge is 0.296 e. The van der Waals surface area contributed by atoms with Crippen LogP contribution in [0, 0.1) is 13.8 Å². The Morgan fingerprint density at radius 3 is 2.39 bits per heavy atom. The Labute approximate surface area is 192 Å². The van der Waals surface area contributed by atoms with E-state index in [1.807, 2.05) is 0 Å². The number of pyridine rings is 1. The molecule has 2 aliphatic carbocycles. The third kappa shape index (κ3) is 2.11. The Hall–Kier alpha value is -3.91. The topological polar surface area (TPSA) is 17.3 Å². The van der Waals surface area contributed by atoms with Crippen molar-refractivity contribution < 1.29 is 0 Å². The highest BCUT2D eigenvalue weighted by Gasteiger charge is 2.29. The predicted molar refractivity (Wildman–Crippen MR) is 136 cm³/mol. The predicted octanol–water partition coefficient (Wildman–Crippen LogP) is 7.40. The molecule has 156 valence electrons. The van der Waals surface area contributed by atoms with Gasteiger partial charge in [0.05, 0.1) is 11.2 Å². The van der Waals surface area contributed by atoms with Crippen LogP contribution < -0.4 is 0 Å². The molecule has 2 aliphatic rings. The van der Waals surface area contributed by atoms with Gasteiger partial charge in [0.1, 0.15) is 5.65 Å². The molecular weight excluding hydrogens is 400 g/mol. The van der Waals surface area contributed by atoms with Crippen LogP contribution in [0.2, 0.25) is 0 Å². The first-order chi connectivity index (χ1) is 16.2. The molecule has 4 aromatic carbocycles. The number of benzene rings is 4. The summed E-state index contributed by atoms with van der Waals surface area (Å²) < 4.78 is 2.38. The van der Waals surface area contributed by atoms with Crippen molar-refractivity contribution in [2.45, 2.75) is 26.7 Å². The van der Waals surface area contributed by atoms with Gasteiger partial charge in [-0.2, -0.15) is 0 Å². The summed E-state index contributed by atoms with van der Waals surface area (Å²) >= 11 is 0. The number of aromatic nitrogens is 2. The molecule has 0 aliphatic heterocycles. The molecule has 6 aromatic rings. The lowest BCUT2D eigenvalue weighted by atomic mass is 9.94. The molecule has 0 unspecified atom stereocenters. The molecule has 0 radical (unpaired) electrons. The van der Waals surface area contributed by atoms with Crippen LogP contribution in [-0.2, 0) is 12.8 Å². The third-order valence-electron chi connectivity index (χ3n) is 7.99. The lowest BCUT2D eigenvalue weighted by molar-refractivity contribution is 1.14. The first-order valence-electron chi connectivity index (χ1n) is 11.8. The maximum absolute atomic E-state index is 4.98. The summed E-state index contributed by atoms with van der Waals surface area (Å²) in [5.41, 5.74) is 16.2. The van der Waals surface area contributed by atoms with Crippen LogP contribution in [0.25, 0.3) is 49.6 Å². The standard InChI is InChI=1S/C31H22N2/c1-17-18(2)33-29-16-26-21(15-27(29)23-9-5-6-10-25(23)31(33)32-17)13-20-11-12-24-22-8-4-3-7-19(22)14-28(24)30(20)26/h3-12,15-16H,13-14H2,1-2H3. The molecule has 0 bridgehead atoms. The van der Waals surface area contributed by atoms with Gasteiger partial charge in [0.2, 0.25) is 0 Å². The molecule has 0 atom stereocenters. The van der Waals surface area contributed by atoms with E-state index in [2.05, 4.69) is 91.0 Å². The smallest absolute Gasteiger partial charge is 0.145 e. The van der Waals surface area contributed by atoms with E-state index in [0.29, 0.717) is 0 Å². The van der Waals surface area contributed by atoms with E-state index in [1.165, 1.54) is 71.9 Å². The summed E-state index contributed by atoms with van der Waals surface area (Å²) in [4.78, 5) is 4.98. The van der Waals surface area contributed by atoms with E-state index in [9.17, 15) is 0 Å². The van der Waals surface area contributed by atoms with Gasteiger partial charge in [0.15, 0.2) is 0 Å². The van der Waals surface area contributed by atoms with Crippen molar-refractivity contribution in [2.75, 3.05) is 0 Å². The van der Waals surface area contributed by atoms with Crippen molar-refractivity contribution >= 4 is 27.3 Å². The number of aryl methyl sites for hydroxylation is 2. The van der Waals surface area contributed by atoms with E-state index in [4.69, 9.17) is 4.98 Å². The number of rotatable bonds is 0. The first kappa shape index (κ1) is 17.6. The fraction of sp³-hybridized carbons (Fsp3) is 0.129. The zero-order chi connectivity index (χ0) is 21.8. The average Bonchev–Trinajstić information content (AvgIpc) is 3.49. The van der Waals surface area contributed by atoms with Crippen LogP contribution in [-0.4, -0.2) is 9.38 Å². The Morgan fingerprint density at radius 2 is 1.48 bits per heavy atom. The second-order valence-electron chi connectivity index (χ2n) is 9.65. The van der Waals surface area contributed by atoms with Gasteiger partial charge in [-0.25, -0.2) is 4.98 Å². The van der Waals surface area contributed by atoms with Gasteiger partial charge in [0, 0.05) is 16.5 Å². The minimum Gasteiger partial charge on any atom is -0.296 e. The van der Waals surface area contributed by atoms with Gasteiger partial charge in [-0.05, 0) is 88.7 Å². The van der Waals surface area contributed by atoms with E-state index in [1.54, 1.807) is 0 Å². The van der Waals surface area contributed by atoms with Gasteiger partial charge in [-0.3, -0.25) is 4.40 Å². The summed E-state index contributed by atoms with van der Waals surface area (Å²) in [5.74, 6) is 0.